The van der Waals surface area contributed by atoms with E-state index in [9.17, 15) is 0 Å². The summed E-state index contributed by atoms with van der Waals surface area (Å²) in [5.74, 6) is 7.57. The van der Waals surface area contributed by atoms with Crippen LogP contribution in [0.3, 0.4) is 0 Å². The van der Waals surface area contributed by atoms with E-state index in [1.165, 1.54) is 10.5 Å². The van der Waals surface area contributed by atoms with E-state index in [2.05, 4.69) is 36.6 Å². The molecule has 0 saturated carbocycles. The first-order valence-electron chi connectivity index (χ1n) is 7.10. The van der Waals surface area contributed by atoms with Crippen molar-refractivity contribution < 1.29 is 4.74 Å². The highest BCUT2D eigenvalue weighted by molar-refractivity contribution is 7.99. The fourth-order valence-corrected chi connectivity index (χ4v) is 3.24. The Bertz CT molecular complexity index is 363. The lowest BCUT2D eigenvalue weighted by Gasteiger charge is -2.26. The fourth-order valence-electron chi connectivity index (χ4n) is 2.58. The van der Waals surface area contributed by atoms with Crippen molar-refractivity contribution in [3.05, 3.63) is 29.8 Å². The number of nitrogens with two attached hydrogens (primary N) is 1. The molecule has 0 radical (unpaired) electrons. The van der Waals surface area contributed by atoms with E-state index < -0.39 is 0 Å². The predicted molar refractivity (Wildman–Crippen MR) is 81.1 cm³/mol. The van der Waals surface area contributed by atoms with Gasteiger partial charge < -0.3 is 4.74 Å². The third-order valence-corrected chi connectivity index (χ3v) is 4.60. The molecule has 19 heavy (non-hydrogen) atoms. The van der Waals surface area contributed by atoms with Crippen LogP contribution in [-0.4, -0.2) is 19.0 Å². The molecule has 0 bridgehead atoms. The van der Waals surface area contributed by atoms with Gasteiger partial charge in [-0.1, -0.05) is 19.1 Å². The van der Waals surface area contributed by atoms with Crippen molar-refractivity contribution in [3.8, 4) is 0 Å². The van der Waals surface area contributed by atoms with Crippen LogP contribution in [0.15, 0.2) is 29.2 Å². The Morgan fingerprint density at radius 1 is 1.32 bits per heavy atom. The molecule has 106 valence electrons. The van der Waals surface area contributed by atoms with Gasteiger partial charge in [-0.15, -0.1) is 11.8 Å². The summed E-state index contributed by atoms with van der Waals surface area (Å²) in [6.07, 6.45) is 3.41. The zero-order valence-electron chi connectivity index (χ0n) is 11.6. The van der Waals surface area contributed by atoms with Gasteiger partial charge in [0.1, 0.15) is 0 Å². The third-order valence-electron chi connectivity index (χ3n) is 3.70. The maximum absolute atomic E-state index is 5.73. The van der Waals surface area contributed by atoms with E-state index in [0.29, 0.717) is 0 Å². The van der Waals surface area contributed by atoms with Crippen molar-refractivity contribution in [2.75, 3.05) is 19.0 Å². The molecule has 1 heterocycles. The van der Waals surface area contributed by atoms with E-state index in [0.717, 1.165) is 44.1 Å². The first-order chi connectivity index (χ1) is 9.33. The Morgan fingerprint density at radius 2 is 2.00 bits per heavy atom. The van der Waals surface area contributed by atoms with Gasteiger partial charge in [0.05, 0.1) is 0 Å². The number of hydrazine groups is 1. The van der Waals surface area contributed by atoms with Crippen molar-refractivity contribution in [2.24, 2.45) is 11.8 Å². The van der Waals surface area contributed by atoms with Crippen LogP contribution in [0.2, 0.25) is 0 Å². The Kier molecular flexibility index (Phi) is 6.17. The number of hydrogen-bond acceptors (Lipinski definition) is 4. The van der Waals surface area contributed by atoms with Crippen molar-refractivity contribution in [1.82, 2.24) is 5.43 Å². The molecule has 0 aliphatic carbocycles. The van der Waals surface area contributed by atoms with Gasteiger partial charge in [0, 0.05) is 24.2 Å². The van der Waals surface area contributed by atoms with Crippen molar-refractivity contribution in [3.63, 3.8) is 0 Å². The van der Waals surface area contributed by atoms with Gasteiger partial charge >= 0.3 is 0 Å². The number of benzene rings is 1. The van der Waals surface area contributed by atoms with E-state index >= 15 is 0 Å². The number of thioether (sulfide) groups is 1. The molecule has 1 atom stereocenters. The summed E-state index contributed by atoms with van der Waals surface area (Å²) < 4.78 is 5.41. The van der Waals surface area contributed by atoms with E-state index in [1.807, 2.05) is 11.8 Å². The number of ether oxygens (including phenoxy) is 1. The standard InChI is InChI=1S/C15H24N2OS/c1-2-19-14-5-3-13(4-6-14)15(17-16)11-12-7-9-18-10-8-12/h3-6,12,15,17H,2,7-11,16H2,1H3. The van der Waals surface area contributed by atoms with Crippen LogP contribution in [0, 0.1) is 5.92 Å². The lowest BCUT2D eigenvalue weighted by atomic mass is 9.90. The van der Waals surface area contributed by atoms with Gasteiger partial charge in [0.15, 0.2) is 0 Å². The quantitative estimate of drug-likeness (QED) is 0.477. The molecular weight excluding hydrogens is 256 g/mol. The smallest absolute Gasteiger partial charge is 0.0468 e. The highest BCUT2D eigenvalue weighted by Gasteiger charge is 2.19. The van der Waals surface area contributed by atoms with Crippen LogP contribution in [0.25, 0.3) is 0 Å². The molecule has 3 nitrogen and oxygen atoms in total. The number of rotatable bonds is 6. The fraction of sp³-hybridized carbons (Fsp3) is 0.600. The van der Waals surface area contributed by atoms with Crippen molar-refractivity contribution in [1.29, 1.82) is 0 Å². The third kappa shape index (κ3) is 4.49. The summed E-state index contributed by atoms with van der Waals surface area (Å²) in [6, 6.07) is 9.03. The minimum absolute atomic E-state index is 0.253. The van der Waals surface area contributed by atoms with Crippen LogP contribution in [-0.2, 0) is 4.74 Å². The van der Waals surface area contributed by atoms with Crippen LogP contribution in [0.4, 0.5) is 0 Å². The van der Waals surface area contributed by atoms with Crippen LogP contribution < -0.4 is 11.3 Å². The Hall–Kier alpha value is -0.550. The molecular formula is C15H24N2OS. The summed E-state index contributed by atoms with van der Waals surface area (Å²) in [4.78, 5) is 1.33. The lowest BCUT2D eigenvalue weighted by Crippen LogP contribution is -2.31. The summed E-state index contributed by atoms with van der Waals surface area (Å²) >= 11 is 1.87. The summed E-state index contributed by atoms with van der Waals surface area (Å²) in [5.41, 5.74) is 4.26. The highest BCUT2D eigenvalue weighted by atomic mass is 32.2. The van der Waals surface area contributed by atoms with Gasteiger partial charge in [-0.2, -0.15) is 0 Å². The lowest BCUT2D eigenvalue weighted by molar-refractivity contribution is 0.0605. The van der Waals surface area contributed by atoms with E-state index in [-0.39, 0.29) is 6.04 Å². The van der Waals surface area contributed by atoms with Gasteiger partial charge in [0.25, 0.3) is 0 Å². The Labute approximate surface area is 120 Å². The molecule has 1 aromatic carbocycles. The molecule has 1 unspecified atom stereocenters. The molecule has 0 spiro atoms. The second-order valence-corrected chi connectivity index (χ2v) is 6.35. The predicted octanol–water partition coefficient (Wildman–Crippen LogP) is 3.12. The minimum Gasteiger partial charge on any atom is -0.381 e. The van der Waals surface area contributed by atoms with E-state index in [4.69, 9.17) is 10.6 Å². The first kappa shape index (κ1) is 14.9. The average molecular weight is 280 g/mol. The van der Waals surface area contributed by atoms with Crippen LogP contribution in [0.5, 0.6) is 0 Å². The summed E-state index contributed by atoms with van der Waals surface area (Å²) in [5, 5.41) is 0. The molecule has 2 rings (SSSR count). The molecule has 1 aromatic rings. The van der Waals surface area contributed by atoms with Crippen molar-refractivity contribution in [2.45, 2.75) is 37.1 Å². The molecule has 1 aliphatic heterocycles. The second kappa shape index (κ2) is 7.90. The zero-order chi connectivity index (χ0) is 13.5. The SMILES string of the molecule is CCSc1ccc(C(CC2CCOCC2)NN)cc1. The normalized spacial score (nSPS) is 18.4. The van der Waals surface area contributed by atoms with Crippen molar-refractivity contribution >= 4 is 11.8 Å². The minimum atomic E-state index is 0.253. The molecule has 0 aromatic heterocycles. The molecule has 1 aliphatic rings. The molecule has 0 amide bonds. The summed E-state index contributed by atoms with van der Waals surface area (Å²) in [7, 11) is 0. The van der Waals surface area contributed by atoms with Gasteiger partial charge in [0.2, 0.25) is 0 Å². The van der Waals surface area contributed by atoms with Gasteiger partial charge in [-0.3, -0.25) is 11.3 Å². The second-order valence-electron chi connectivity index (χ2n) is 5.01. The van der Waals surface area contributed by atoms with Crippen LogP contribution >= 0.6 is 11.8 Å². The molecule has 4 heteroatoms. The van der Waals surface area contributed by atoms with Gasteiger partial charge in [-0.25, -0.2) is 0 Å². The monoisotopic (exact) mass is 280 g/mol. The maximum Gasteiger partial charge on any atom is 0.0468 e. The van der Waals surface area contributed by atoms with Gasteiger partial charge in [-0.05, 0) is 48.6 Å². The maximum atomic E-state index is 5.73. The number of nitrogens with one attached hydrogen (secondary N) is 1. The highest BCUT2D eigenvalue weighted by Crippen LogP contribution is 2.28. The zero-order valence-corrected chi connectivity index (χ0v) is 12.4. The topological polar surface area (TPSA) is 47.3 Å². The average Bonchev–Trinajstić information content (AvgIpc) is 2.47. The molecule has 3 N–H and O–H groups in total. The molecule has 1 saturated heterocycles. The van der Waals surface area contributed by atoms with Crippen LogP contribution in [0.1, 0.15) is 37.8 Å². The van der Waals surface area contributed by atoms with E-state index in [1.54, 1.807) is 0 Å². The largest absolute Gasteiger partial charge is 0.381 e. The molecule has 1 fully saturated rings. The Balaban J connectivity index is 1.95. The Morgan fingerprint density at radius 3 is 2.58 bits per heavy atom. The number of hydrogen-bond donors (Lipinski definition) is 2. The summed E-state index contributed by atoms with van der Waals surface area (Å²) in [6.45, 7) is 3.97. The first-order valence-corrected chi connectivity index (χ1v) is 8.08.